The van der Waals surface area contributed by atoms with Crippen LogP contribution in [0.3, 0.4) is 0 Å². The summed E-state index contributed by atoms with van der Waals surface area (Å²) in [7, 11) is 0. The van der Waals surface area contributed by atoms with Crippen LogP contribution in [-0.4, -0.2) is 47.7 Å². The molecule has 88 valence electrons. The molecule has 0 aromatic heterocycles. The van der Waals surface area contributed by atoms with Crippen molar-refractivity contribution in [3.8, 4) is 0 Å². The van der Waals surface area contributed by atoms with Gasteiger partial charge in [-0.1, -0.05) is 6.08 Å². The molecule has 0 spiro atoms. The predicted molar refractivity (Wildman–Crippen MR) is 55.8 cm³/mol. The van der Waals surface area contributed by atoms with Crippen molar-refractivity contribution in [3.63, 3.8) is 0 Å². The molecule has 1 saturated carbocycles. The minimum Gasteiger partial charge on any atom is -0.479 e. The van der Waals surface area contributed by atoms with Crippen LogP contribution >= 0.6 is 0 Å². The Labute approximate surface area is 93.7 Å². The van der Waals surface area contributed by atoms with E-state index in [2.05, 4.69) is 0 Å². The second kappa shape index (κ2) is 4.65. The Morgan fingerprint density at radius 3 is 2.75 bits per heavy atom. The number of carbonyl (C=O) groups excluding carboxylic acids is 1. The Morgan fingerprint density at radius 2 is 2.12 bits per heavy atom. The molecule has 1 unspecified atom stereocenters. The van der Waals surface area contributed by atoms with Crippen LogP contribution in [0.5, 0.6) is 0 Å². The highest BCUT2D eigenvalue weighted by Crippen LogP contribution is 2.30. The zero-order valence-corrected chi connectivity index (χ0v) is 8.96. The Hall–Kier alpha value is -1.36. The average Bonchev–Trinajstić information content (AvgIpc) is 3.10. The first-order valence-electron chi connectivity index (χ1n) is 5.48. The van der Waals surface area contributed by atoms with Gasteiger partial charge in [0.2, 0.25) is 5.91 Å². The van der Waals surface area contributed by atoms with Gasteiger partial charge in [0.05, 0.1) is 13.2 Å². The number of hydrogen-bond acceptors (Lipinski definition) is 3. The number of rotatable bonds is 3. The summed E-state index contributed by atoms with van der Waals surface area (Å²) in [6.45, 7) is 0.904. The first-order chi connectivity index (χ1) is 7.66. The zero-order chi connectivity index (χ0) is 11.5. The van der Waals surface area contributed by atoms with Gasteiger partial charge in [-0.25, -0.2) is 4.79 Å². The molecule has 2 fully saturated rings. The summed E-state index contributed by atoms with van der Waals surface area (Å²) < 4.78 is 5.04. The van der Waals surface area contributed by atoms with E-state index in [1.54, 1.807) is 6.08 Å². The van der Waals surface area contributed by atoms with Crippen molar-refractivity contribution in [3.05, 3.63) is 12.2 Å². The highest BCUT2D eigenvalue weighted by atomic mass is 16.5. The Kier molecular flexibility index (Phi) is 3.24. The number of carboxylic acid groups (broad SMARTS) is 1. The maximum absolute atomic E-state index is 11.7. The summed E-state index contributed by atoms with van der Waals surface area (Å²) in [5.41, 5.74) is 0. The Bertz CT molecular complexity index is 322. The average molecular weight is 225 g/mol. The van der Waals surface area contributed by atoms with Crippen LogP contribution in [-0.2, 0) is 14.3 Å². The summed E-state index contributed by atoms with van der Waals surface area (Å²) in [4.78, 5) is 23.9. The molecular weight excluding hydrogens is 210 g/mol. The number of amides is 1. The van der Waals surface area contributed by atoms with Gasteiger partial charge >= 0.3 is 5.97 Å². The maximum Gasteiger partial charge on any atom is 0.334 e. The number of allylic oxidation sites excluding steroid dienone is 1. The zero-order valence-electron chi connectivity index (χ0n) is 8.96. The van der Waals surface area contributed by atoms with Gasteiger partial charge in [0.1, 0.15) is 0 Å². The summed E-state index contributed by atoms with van der Waals surface area (Å²) in [6.07, 6.45) is 4.90. The van der Waals surface area contributed by atoms with Crippen molar-refractivity contribution >= 4 is 11.9 Å². The largest absolute Gasteiger partial charge is 0.479 e. The normalized spacial score (nSPS) is 26.0. The fraction of sp³-hybridized carbons (Fsp3) is 0.636. The molecule has 1 atom stereocenters. The number of ether oxygens (including phenoxy) is 1. The lowest BCUT2D eigenvalue weighted by molar-refractivity contribution is -0.158. The van der Waals surface area contributed by atoms with Crippen LogP contribution in [0.25, 0.3) is 0 Å². The van der Waals surface area contributed by atoms with Crippen LogP contribution < -0.4 is 0 Å². The van der Waals surface area contributed by atoms with Gasteiger partial charge in [0.15, 0.2) is 6.10 Å². The molecule has 0 radical (unpaired) electrons. The minimum absolute atomic E-state index is 0.110. The van der Waals surface area contributed by atoms with Gasteiger partial charge in [-0.05, 0) is 24.8 Å². The molecule has 1 N–H and O–H groups in total. The third-order valence-corrected chi connectivity index (χ3v) is 2.79. The number of aliphatic carboxylic acids is 1. The van der Waals surface area contributed by atoms with Gasteiger partial charge in [0, 0.05) is 6.54 Å². The molecule has 5 heteroatoms. The van der Waals surface area contributed by atoms with Crippen LogP contribution in [0.4, 0.5) is 0 Å². The topological polar surface area (TPSA) is 66.8 Å². The third kappa shape index (κ3) is 2.82. The van der Waals surface area contributed by atoms with Gasteiger partial charge in [-0.2, -0.15) is 0 Å². The highest BCUT2D eigenvalue weighted by molar-refractivity contribution is 5.88. The molecular formula is C11H15NO4. The number of hydrogen-bond donors (Lipinski definition) is 1. The lowest BCUT2D eigenvalue weighted by atomic mass is 10.2. The molecule has 2 rings (SSSR count). The molecule has 0 aromatic carbocycles. The van der Waals surface area contributed by atoms with E-state index in [-0.39, 0.29) is 12.5 Å². The monoisotopic (exact) mass is 225 g/mol. The summed E-state index contributed by atoms with van der Waals surface area (Å²) in [6, 6.07) is 0. The molecule has 0 bridgehead atoms. The fourth-order valence-electron chi connectivity index (χ4n) is 1.61. The second-order valence-corrected chi connectivity index (χ2v) is 4.18. The summed E-state index contributed by atoms with van der Waals surface area (Å²) in [5, 5.41) is 8.78. The summed E-state index contributed by atoms with van der Waals surface area (Å²) >= 11 is 0. The number of morpholine rings is 1. The van der Waals surface area contributed by atoms with E-state index in [4.69, 9.17) is 9.84 Å². The number of carboxylic acids is 1. The molecule has 0 aromatic rings. The lowest BCUT2D eigenvalue weighted by Gasteiger charge is -2.30. The smallest absolute Gasteiger partial charge is 0.334 e. The molecule has 16 heavy (non-hydrogen) atoms. The molecule has 1 aliphatic carbocycles. The molecule has 1 amide bonds. The SMILES string of the molecule is O=C(O)C1CN(C(=O)/C=C/C2CC2)CCO1. The lowest BCUT2D eigenvalue weighted by Crippen LogP contribution is -2.48. The van der Waals surface area contributed by atoms with E-state index in [0.29, 0.717) is 19.1 Å². The fourth-order valence-corrected chi connectivity index (χ4v) is 1.61. The summed E-state index contributed by atoms with van der Waals surface area (Å²) in [5.74, 6) is -0.564. The standard InChI is InChI=1S/C11H15NO4/c13-10(4-3-8-1-2-8)12-5-6-16-9(7-12)11(14)15/h3-4,8-9H,1-2,5-7H2,(H,14,15)/b4-3+. The Balaban J connectivity index is 1.87. The number of carbonyl (C=O) groups is 2. The van der Waals surface area contributed by atoms with Crippen molar-refractivity contribution in [2.45, 2.75) is 18.9 Å². The van der Waals surface area contributed by atoms with E-state index in [9.17, 15) is 9.59 Å². The third-order valence-electron chi connectivity index (χ3n) is 2.79. The number of nitrogens with zero attached hydrogens (tertiary/aromatic N) is 1. The van der Waals surface area contributed by atoms with E-state index in [1.807, 2.05) is 6.08 Å². The first kappa shape index (κ1) is 11.1. The minimum atomic E-state index is -1.01. The Morgan fingerprint density at radius 1 is 1.38 bits per heavy atom. The predicted octanol–water partition coefficient (Wildman–Crippen LogP) is 0.265. The van der Waals surface area contributed by atoms with Gasteiger partial charge in [-0.15, -0.1) is 0 Å². The molecule has 1 heterocycles. The van der Waals surface area contributed by atoms with E-state index in [0.717, 1.165) is 12.8 Å². The molecule has 5 nitrogen and oxygen atoms in total. The van der Waals surface area contributed by atoms with Gasteiger partial charge in [0.25, 0.3) is 0 Å². The van der Waals surface area contributed by atoms with Crippen molar-refractivity contribution in [1.29, 1.82) is 0 Å². The van der Waals surface area contributed by atoms with E-state index >= 15 is 0 Å². The van der Waals surface area contributed by atoms with Crippen molar-refractivity contribution in [1.82, 2.24) is 4.90 Å². The van der Waals surface area contributed by atoms with Gasteiger partial charge < -0.3 is 14.7 Å². The highest BCUT2D eigenvalue weighted by Gasteiger charge is 2.28. The van der Waals surface area contributed by atoms with Crippen LogP contribution in [0.15, 0.2) is 12.2 Å². The van der Waals surface area contributed by atoms with Gasteiger partial charge in [-0.3, -0.25) is 4.79 Å². The van der Waals surface area contributed by atoms with E-state index in [1.165, 1.54) is 4.90 Å². The molecule has 1 saturated heterocycles. The molecule has 2 aliphatic rings. The van der Waals surface area contributed by atoms with E-state index < -0.39 is 12.1 Å². The maximum atomic E-state index is 11.7. The van der Waals surface area contributed by atoms with Crippen molar-refractivity contribution < 1.29 is 19.4 Å². The van der Waals surface area contributed by atoms with Crippen LogP contribution in [0, 0.1) is 5.92 Å². The van der Waals surface area contributed by atoms with Crippen LogP contribution in [0.2, 0.25) is 0 Å². The van der Waals surface area contributed by atoms with Crippen LogP contribution in [0.1, 0.15) is 12.8 Å². The molecule has 1 aliphatic heterocycles. The first-order valence-corrected chi connectivity index (χ1v) is 5.48. The van der Waals surface area contributed by atoms with Crippen molar-refractivity contribution in [2.24, 2.45) is 5.92 Å². The second-order valence-electron chi connectivity index (χ2n) is 4.18. The quantitative estimate of drug-likeness (QED) is 0.700. The van der Waals surface area contributed by atoms with Crippen molar-refractivity contribution in [2.75, 3.05) is 19.7 Å².